The van der Waals surface area contributed by atoms with Crippen molar-refractivity contribution in [2.45, 2.75) is 6.04 Å². The Morgan fingerprint density at radius 1 is 1.38 bits per heavy atom. The van der Waals surface area contributed by atoms with Crippen molar-refractivity contribution in [2.24, 2.45) is 11.5 Å². The summed E-state index contributed by atoms with van der Waals surface area (Å²) >= 11 is 0. The number of aromatic nitrogens is 3. The number of H-pyrrole nitrogens is 1. The second-order valence-corrected chi connectivity index (χ2v) is 5.79. The number of hydrogen-bond acceptors (Lipinski definition) is 7. The maximum atomic E-state index is 11.7. The highest BCUT2D eigenvalue weighted by atomic mass is 16.5. The molecule has 0 saturated heterocycles. The molecule has 0 bridgehead atoms. The monoisotopic (exact) mass is 355 g/mol. The zero-order valence-corrected chi connectivity index (χ0v) is 14.3. The van der Waals surface area contributed by atoms with Gasteiger partial charge in [-0.2, -0.15) is 4.98 Å². The van der Waals surface area contributed by atoms with Crippen molar-refractivity contribution in [3.63, 3.8) is 0 Å². The highest BCUT2D eigenvalue weighted by Crippen LogP contribution is 2.26. The Hall–Kier alpha value is -3.17. The van der Waals surface area contributed by atoms with Crippen molar-refractivity contribution < 1.29 is 9.53 Å². The SMILES string of the molecule is COC[C@H](N)CNc1ncc(C(N)=O)c(Nc2cccc3[nH]ccc23)n1. The molecule has 3 aromatic rings. The van der Waals surface area contributed by atoms with Crippen LogP contribution in [0.1, 0.15) is 10.4 Å². The largest absolute Gasteiger partial charge is 0.383 e. The van der Waals surface area contributed by atoms with E-state index in [-0.39, 0.29) is 11.6 Å². The first-order valence-electron chi connectivity index (χ1n) is 8.07. The molecule has 2 aromatic heterocycles. The summed E-state index contributed by atoms with van der Waals surface area (Å²) in [5.41, 5.74) is 13.3. The van der Waals surface area contributed by atoms with Crippen LogP contribution in [-0.4, -0.2) is 47.2 Å². The number of primary amides is 1. The summed E-state index contributed by atoms with van der Waals surface area (Å²) in [5, 5.41) is 7.17. The first-order valence-corrected chi connectivity index (χ1v) is 8.07. The van der Waals surface area contributed by atoms with Crippen molar-refractivity contribution in [3.05, 3.63) is 42.2 Å². The lowest BCUT2D eigenvalue weighted by Gasteiger charge is -2.14. The lowest BCUT2D eigenvalue weighted by atomic mass is 10.2. The maximum absolute atomic E-state index is 11.7. The second kappa shape index (κ2) is 7.81. The lowest BCUT2D eigenvalue weighted by Crippen LogP contribution is -2.33. The molecular formula is C17H21N7O2. The first kappa shape index (κ1) is 17.6. The average Bonchev–Trinajstić information content (AvgIpc) is 3.10. The number of anilines is 3. The van der Waals surface area contributed by atoms with Gasteiger partial charge in [0.25, 0.3) is 5.91 Å². The van der Waals surface area contributed by atoms with Crippen LogP contribution >= 0.6 is 0 Å². The van der Waals surface area contributed by atoms with E-state index >= 15 is 0 Å². The molecule has 26 heavy (non-hydrogen) atoms. The summed E-state index contributed by atoms with van der Waals surface area (Å²) in [5.74, 6) is 0.0469. The Kier molecular flexibility index (Phi) is 5.30. The molecule has 0 radical (unpaired) electrons. The van der Waals surface area contributed by atoms with Crippen molar-refractivity contribution in [1.82, 2.24) is 15.0 Å². The van der Waals surface area contributed by atoms with Gasteiger partial charge in [-0.15, -0.1) is 0 Å². The fourth-order valence-electron chi connectivity index (χ4n) is 2.56. The number of fused-ring (bicyclic) bond motifs is 1. The van der Waals surface area contributed by atoms with E-state index < -0.39 is 5.91 Å². The number of nitrogens with one attached hydrogen (secondary N) is 3. The molecule has 0 fully saturated rings. The number of aromatic amines is 1. The molecule has 0 saturated carbocycles. The quantitative estimate of drug-likeness (QED) is 0.408. The molecule has 0 aliphatic carbocycles. The van der Waals surface area contributed by atoms with Gasteiger partial charge in [0.2, 0.25) is 5.95 Å². The van der Waals surface area contributed by atoms with Gasteiger partial charge >= 0.3 is 0 Å². The lowest BCUT2D eigenvalue weighted by molar-refractivity contribution is 0.100. The average molecular weight is 355 g/mol. The van der Waals surface area contributed by atoms with Crippen molar-refractivity contribution in [3.8, 4) is 0 Å². The summed E-state index contributed by atoms with van der Waals surface area (Å²) in [7, 11) is 1.58. The smallest absolute Gasteiger partial charge is 0.254 e. The van der Waals surface area contributed by atoms with E-state index in [9.17, 15) is 4.79 Å². The van der Waals surface area contributed by atoms with Crippen LogP contribution in [-0.2, 0) is 4.74 Å². The van der Waals surface area contributed by atoms with E-state index in [0.29, 0.717) is 24.9 Å². The molecule has 9 heteroatoms. The molecule has 1 amide bonds. The summed E-state index contributed by atoms with van der Waals surface area (Å²) in [6, 6.07) is 7.48. The first-order chi connectivity index (χ1) is 12.6. The maximum Gasteiger partial charge on any atom is 0.254 e. The van der Waals surface area contributed by atoms with Gasteiger partial charge < -0.3 is 31.8 Å². The minimum Gasteiger partial charge on any atom is -0.383 e. The van der Waals surface area contributed by atoms with Crippen LogP contribution in [0.2, 0.25) is 0 Å². The summed E-state index contributed by atoms with van der Waals surface area (Å²) in [4.78, 5) is 23.4. The number of carbonyl (C=O) groups excluding carboxylic acids is 1. The molecule has 2 heterocycles. The highest BCUT2D eigenvalue weighted by molar-refractivity contribution is 6.00. The summed E-state index contributed by atoms with van der Waals surface area (Å²) in [6.45, 7) is 0.837. The number of methoxy groups -OCH3 is 1. The highest BCUT2D eigenvalue weighted by Gasteiger charge is 2.14. The fraction of sp³-hybridized carbons (Fsp3) is 0.235. The number of nitrogens with zero attached hydrogens (tertiary/aromatic N) is 2. The van der Waals surface area contributed by atoms with E-state index in [1.807, 2.05) is 30.5 Å². The Balaban J connectivity index is 1.87. The third-order valence-corrected chi connectivity index (χ3v) is 3.81. The third-order valence-electron chi connectivity index (χ3n) is 3.81. The van der Waals surface area contributed by atoms with Gasteiger partial charge in [-0.1, -0.05) is 6.07 Å². The third kappa shape index (κ3) is 3.90. The molecule has 0 spiro atoms. The van der Waals surface area contributed by atoms with E-state index in [1.165, 1.54) is 6.20 Å². The van der Waals surface area contributed by atoms with E-state index in [4.69, 9.17) is 16.2 Å². The minimum atomic E-state index is -0.614. The Morgan fingerprint density at radius 3 is 3.00 bits per heavy atom. The molecule has 1 atom stereocenters. The topological polar surface area (TPSA) is 144 Å². The summed E-state index contributed by atoms with van der Waals surface area (Å²) in [6.07, 6.45) is 3.23. The number of rotatable bonds is 8. The predicted molar refractivity (Wildman–Crippen MR) is 100 cm³/mol. The molecule has 1 aromatic carbocycles. The Morgan fingerprint density at radius 2 is 2.23 bits per heavy atom. The van der Waals surface area contributed by atoms with Gasteiger partial charge in [-0.25, -0.2) is 4.98 Å². The van der Waals surface area contributed by atoms with E-state index in [1.54, 1.807) is 7.11 Å². The summed E-state index contributed by atoms with van der Waals surface area (Å²) < 4.78 is 5.00. The van der Waals surface area contributed by atoms with Crippen LogP contribution in [0.5, 0.6) is 0 Å². The van der Waals surface area contributed by atoms with Gasteiger partial charge in [-0.05, 0) is 18.2 Å². The van der Waals surface area contributed by atoms with Gasteiger partial charge in [0.15, 0.2) is 0 Å². The van der Waals surface area contributed by atoms with Gasteiger partial charge in [0.1, 0.15) is 11.4 Å². The van der Waals surface area contributed by atoms with Crippen molar-refractivity contribution >= 4 is 34.3 Å². The molecule has 3 rings (SSSR count). The van der Waals surface area contributed by atoms with E-state index in [2.05, 4.69) is 25.6 Å². The minimum absolute atomic E-state index is 0.198. The zero-order valence-electron chi connectivity index (χ0n) is 14.3. The number of benzene rings is 1. The zero-order chi connectivity index (χ0) is 18.5. The normalized spacial score (nSPS) is 12.1. The molecule has 9 nitrogen and oxygen atoms in total. The molecular weight excluding hydrogens is 334 g/mol. The Labute approximate surface area is 150 Å². The van der Waals surface area contributed by atoms with Crippen LogP contribution in [0.15, 0.2) is 36.7 Å². The number of hydrogen-bond donors (Lipinski definition) is 5. The molecule has 0 aliphatic heterocycles. The number of carbonyl (C=O) groups is 1. The van der Waals surface area contributed by atoms with Crippen LogP contribution in [0, 0.1) is 0 Å². The number of nitrogens with two attached hydrogens (primary N) is 2. The van der Waals surface area contributed by atoms with Crippen LogP contribution in [0.3, 0.4) is 0 Å². The van der Waals surface area contributed by atoms with Crippen LogP contribution < -0.4 is 22.1 Å². The van der Waals surface area contributed by atoms with Crippen LogP contribution in [0.4, 0.5) is 17.5 Å². The van der Waals surface area contributed by atoms with Crippen LogP contribution in [0.25, 0.3) is 10.9 Å². The fourth-order valence-corrected chi connectivity index (χ4v) is 2.56. The molecule has 136 valence electrons. The van der Waals surface area contributed by atoms with Gasteiger partial charge in [0, 0.05) is 48.7 Å². The van der Waals surface area contributed by atoms with Gasteiger partial charge in [0.05, 0.1) is 6.61 Å². The molecule has 0 aliphatic rings. The van der Waals surface area contributed by atoms with Gasteiger partial charge in [-0.3, -0.25) is 4.79 Å². The number of ether oxygens (including phenoxy) is 1. The number of amides is 1. The standard InChI is InChI=1S/C17H21N7O2/c1-26-9-10(18)7-21-17-22-8-12(15(19)25)16(24-17)23-14-4-2-3-13-11(14)5-6-20-13/h2-6,8,10,20H,7,9,18H2,1H3,(H2,19,25)(H2,21,22,23,24)/t10-/m1/s1. The molecule has 0 unspecified atom stereocenters. The Bertz CT molecular complexity index is 909. The predicted octanol–water partition coefficient (Wildman–Crippen LogP) is 1.19. The van der Waals surface area contributed by atoms with E-state index in [0.717, 1.165) is 16.6 Å². The second-order valence-electron chi connectivity index (χ2n) is 5.79. The molecule has 7 N–H and O–H groups in total. The van der Waals surface area contributed by atoms with Crippen molar-refractivity contribution in [2.75, 3.05) is 30.9 Å². The van der Waals surface area contributed by atoms with Crippen molar-refractivity contribution in [1.29, 1.82) is 0 Å².